The van der Waals surface area contributed by atoms with Gasteiger partial charge in [-0.3, -0.25) is 32.5 Å². The van der Waals surface area contributed by atoms with E-state index in [1.807, 2.05) is 18.2 Å². The number of aliphatic hydroxyl groups is 2. The lowest BCUT2D eigenvalue weighted by atomic mass is 10.1. The van der Waals surface area contributed by atoms with Crippen molar-refractivity contribution in [2.45, 2.75) is 245 Å². The molecule has 0 aromatic heterocycles. The zero-order valence-corrected chi connectivity index (χ0v) is 57.5. The molecular weight excluding hydrogens is 1190 g/mol. The fourth-order valence-electron chi connectivity index (χ4n) is 8.11. The van der Waals surface area contributed by atoms with E-state index < -0.39 is 91.5 Å². The van der Waals surface area contributed by atoms with Crippen LogP contribution in [0.25, 0.3) is 0 Å². The van der Waals surface area contributed by atoms with Crippen LogP contribution in [0.15, 0.2) is 158 Å². The summed E-state index contributed by atoms with van der Waals surface area (Å²) in [5, 5.41) is 20.5. The molecule has 91 heavy (non-hydrogen) atoms. The van der Waals surface area contributed by atoms with E-state index in [-0.39, 0.29) is 19.3 Å². The van der Waals surface area contributed by atoms with Crippen LogP contribution >= 0.6 is 15.6 Å². The molecule has 0 bridgehead atoms. The average Bonchev–Trinajstić information content (AvgIpc) is 3.54. The van der Waals surface area contributed by atoms with Crippen LogP contribution in [0.5, 0.6) is 0 Å². The highest BCUT2D eigenvalue weighted by Crippen LogP contribution is 2.45. The number of allylic oxidation sites excluding steroid dienone is 26. The van der Waals surface area contributed by atoms with Crippen molar-refractivity contribution in [3.8, 4) is 0 Å². The van der Waals surface area contributed by atoms with Crippen LogP contribution in [0.3, 0.4) is 0 Å². The summed E-state index contributed by atoms with van der Waals surface area (Å²) in [5.41, 5.74) is 0. The van der Waals surface area contributed by atoms with E-state index in [1.165, 1.54) is 12.8 Å². The molecule has 0 rings (SSSR count). The number of carbonyl (C=O) groups excluding carboxylic acids is 3. The van der Waals surface area contributed by atoms with Crippen LogP contribution in [0.4, 0.5) is 0 Å². The van der Waals surface area contributed by atoms with Crippen LogP contribution in [-0.4, -0.2) is 95.9 Å². The van der Waals surface area contributed by atoms with Gasteiger partial charge >= 0.3 is 33.6 Å². The fraction of sp³-hybridized carbons (Fsp3) is 0.603. The van der Waals surface area contributed by atoms with Gasteiger partial charge in [-0.25, -0.2) is 9.13 Å². The maximum absolute atomic E-state index is 12.9. The van der Waals surface area contributed by atoms with E-state index in [9.17, 15) is 43.5 Å². The zero-order valence-electron chi connectivity index (χ0n) is 55.7. The molecule has 0 spiro atoms. The van der Waals surface area contributed by atoms with Crippen molar-refractivity contribution in [2.75, 3.05) is 39.6 Å². The smallest absolute Gasteiger partial charge is 0.463 e. The SMILES string of the molecule is CC/C=C\C/C=C\C/C=C\C/C=C\C/C=C\C/C=C\CCCCCCCCC(=O)OCC(O)COP(=O)(O)OCC(O)COP(=O)(O)OCC(COC(=O)CC/C=C\C/C=C\C/C=C\C/C=C\C/C=C\C/C=C\CC)OC(=O)CCCCCCC/C=C\CCCC. The Labute approximate surface area is 549 Å². The molecule has 0 fully saturated rings. The Bertz CT molecular complexity index is 2290. The van der Waals surface area contributed by atoms with Gasteiger partial charge < -0.3 is 34.2 Å². The minimum Gasteiger partial charge on any atom is -0.463 e. The van der Waals surface area contributed by atoms with E-state index in [0.29, 0.717) is 25.7 Å². The van der Waals surface area contributed by atoms with Crippen molar-refractivity contribution in [1.29, 1.82) is 0 Å². The lowest BCUT2D eigenvalue weighted by Crippen LogP contribution is -2.30. The highest BCUT2D eigenvalue weighted by atomic mass is 31.2. The summed E-state index contributed by atoms with van der Waals surface area (Å²) in [6, 6.07) is 0. The summed E-state index contributed by atoms with van der Waals surface area (Å²) in [6.45, 7) is 2.24. The number of carbonyl (C=O) groups is 3. The normalized spacial score (nSPS) is 15.2. The molecule has 0 heterocycles. The molecular formula is C73H118O16P2. The first-order chi connectivity index (χ1) is 44.2. The number of phosphoric ester groups is 2. The predicted octanol–water partition coefficient (Wildman–Crippen LogP) is 18.7. The molecule has 4 N–H and O–H groups in total. The van der Waals surface area contributed by atoms with Crippen molar-refractivity contribution >= 4 is 33.6 Å². The second-order valence-corrected chi connectivity index (χ2v) is 24.8. The number of hydrogen-bond donors (Lipinski definition) is 4. The number of phosphoric acid groups is 2. The first-order valence-electron chi connectivity index (χ1n) is 33.8. The Kier molecular flexibility index (Phi) is 61.8. The third-order valence-corrected chi connectivity index (χ3v) is 15.1. The largest absolute Gasteiger partial charge is 0.472 e. The summed E-state index contributed by atoms with van der Waals surface area (Å²) < 4.78 is 60.7. The predicted molar refractivity (Wildman–Crippen MR) is 371 cm³/mol. The molecule has 0 saturated carbocycles. The molecule has 5 unspecified atom stereocenters. The lowest BCUT2D eigenvalue weighted by Gasteiger charge is -2.21. The van der Waals surface area contributed by atoms with Crippen molar-refractivity contribution in [3.63, 3.8) is 0 Å². The first-order valence-corrected chi connectivity index (χ1v) is 36.8. The number of unbranched alkanes of at least 4 members (excludes halogenated alkanes) is 13. The number of esters is 3. The minimum atomic E-state index is -4.94. The standard InChI is InChI=1S/C73H118O16P2/c1-4-7-10-13-16-19-22-24-26-28-30-31-32-33-34-35-37-39-40-42-45-47-50-53-56-59-71(76)83-62-68(74)63-85-90(79,80)86-64-69(75)65-87-91(81,82)88-67-70(89-73(78)61-58-55-52-49-44-21-18-15-12-9-6-3)66-84-72(77)60-57-54-51-48-46-43-41-38-36-29-27-25-23-20-17-14-11-8-5-2/h7-8,10-11,15-20,24-27,30-31,33-34,36-39,43,46,51,54,68-70,74-75H,4-6,9,12-14,21-23,28-29,32,35,40-42,44-45,47-50,52-53,55-67H2,1-3H3,(H,79,80)(H,81,82)/b10-7-,11-8-,18-15-,19-16-,20-17-,26-24-,27-25-,31-30-,34-33-,38-36-,39-37-,46-43-,54-51-. The Balaban J connectivity index is 4.63. The summed E-state index contributed by atoms with van der Waals surface area (Å²) in [4.78, 5) is 58.2. The second kappa shape index (κ2) is 65.2. The number of hydrogen-bond acceptors (Lipinski definition) is 14. The van der Waals surface area contributed by atoms with Gasteiger partial charge in [0.1, 0.15) is 25.4 Å². The maximum atomic E-state index is 12.9. The molecule has 18 heteroatoms. The maximum Gasteiger partial charge on any atom is 0.472 e. The van der Waals surface area contributed by atoms with Gasteiger partial charge in [0.2, 0.25) is 0 Å². The Morgan fingerprint density at radius 2 is 0.604 bits per heavy atom. The van der Waals surface area contributed by atoms with E-state index in [1.54, 1.807) is 0 Å². The molecule has 0 aromatic rings. The van der Waals surface area contributed by atoms with Crippen molar-refractivity contribution in [1.82, 2.24) is 0 Å². The van der Waals surface area contributed by atoms with Crippen LogP contribution in [-0.2, 0) is 55.8 Å². The van der Waals surface area contributed by atoms with Gasteiger partial charge in [-0.2, -0.15) is 0 Å². The van der Waals surface area contributed by atoms with Crippen molar-refractivity contribution in [2.24, 2.45) is 0 Å². The number of rotatable bonds is 62. The highest BCUT2D eigenvalue weighted by molar-refractivity contribution is 7.47. The van der Waals surface area contributed by atoms with E-state index in [0.717, 1.165) is 148 Å². The van der Waals surface area contributed by atoms with Crippen LogP contribution in [0.2, 0.25) is 0 Å². The number of aliphatic hydroxyl groups excluding tert-OH is 2. The second-order valence-electron chi connectivity index (χ2n) is 21.9. The van der Waals surface area contributed by atoms with Gasteiger partial charge in [0, 0.05) is 19.3 Å². The summed E-state index contributed by atoms with van der Waals surface area (Å²) >= 11 is 0. The lowest BCUT2D eigenvalue weighted by molar-refractivity contribution is -0.161. The molecule has 16 nitrogen and oxygen atoms in total. The number of ether oxygens (including phenoxy) is 3. The molecule has 5 atom stereocenters. The first kappa shape index (κ1) is 86.2. The summed E-state index contributed by atoms with van der Waals surface area (Å²) in [5.74, 6) is -1.71. The van der Waals surface area contributed by atoms with Crippen LogP contribution in [0.1, 0.15) is 226 Å². The van der Waals surface area contributed by atoms with E-state index >= 15 is 0 Å². The Morgan fingerprint density at radius 3 is 1.00 bits per heavy atom. The average molecular weight is 1310 g/mol. The summed E-state index contributed by atoms with van der Waals surface area (Å²) in [7, 11) is -9.81. The third-order valence-electron chi connectivity index (χ3n) is 13.2. The van der Waals surface area contributed by atoms with Crippen molar-refractivity contribution in [3.05, 3.63) is 158 Å². The molecule has 516 valence electrons. The van der Waals surface area contributed by atoms with E-state index in [2.05, 4.69) is 161 Å². The van der Waals surface area contributed by atoms with Gasteiger partial charge in [-0.15, -0.1) is 0 Å². The molecule has 0 aliphatic rings. The summed E-state index contributed by atoms with van der Waals surface area (Å²) in [6.07, 6.45) is 79.0. The van der Waals surface area contributed by atoms with Gasteiger partial charge in [0.05, 0.1) is 26.4 Å². The van der Waals surface area contributed by atoms with Gasteiger partial charge in [0.15, 0.2) is 6.10 Å². The van der Waals surface area contributed by atoms with Crippen LogP contribution < -0.4 is 0 Å². The molecule has 0 aromatic carbocycles. The Hall–Kier alpha value is -4.83. The van der Waals surface area contributed by atoms with Crippen molar-refractivity contribution < 1.29 is 75.8 Å². The van der Waals surface area contributed by atoms with Crippen LogP contribution in [0, 0.1) is 0 Å². The third kappa shape index (κ3) is 66.4. The van der Waals surface area contributed by atoms with Gasteiger partial charge in [0.25, 0.3) is 0 Å². The van der Waals surface area contributed by atoms with Gasteiger partial charge in [-0.05, 0) is 128 Å². The monoisotopic (exact) mass is 1310 g/mol. The molecule has 0 aliphatic carbocycles. The zero-order chi connectivity index (χ0) is 66.7. The van der Waals surface area contributed by atoms with Gasteiger partial charge in [-0.1, -0.05) is 237 Å². The van der Waals surface area contributed by atoms with E-state index in [4.69, 9.17) is 32.3 Å². The molecule has 0 aliphatic heterocycles. The topological polar surface area (TPSA) is 231 Å². The molecule has 0 saturated heterocycles. The minimum absolute atomic E-state index is 0.0384. The highest BCUT2D eigenvalue weighted by Gasteiger charge is 2.29. The molecule has 0 amide bonds. The Morgan fingerprint density at radius 1 is 0.319 bits per heavy atom. The molecule has 0 radical (unpaired) electrons. The fourth-order valence-corrected chi connectivity index (χ4v) is 9.69. The quantitative estimate of drug-likeness (QED) is 0.0146.